The molecule has 0 spiro atoms. The molecule has 1 saturated heterocycles. The van der Waals surface area contributed by atoms with Gasteiger partial charge in [-0.2, -0.15) is 0 Å². The van der Waals surface area contributed by atoms with Crippen LogP contribution in [0.5, 0.6) is 11.5 Å². The Labute approximate surface area is 150 Å². The Kier molecular flexibility index (Phi) is 5.23. The molecule has 1 aromatic carbocycles. The van der Waals surface area contributed by atoms with Gasteiger partial charge in [0.2, 0.25) is 0 Å². The van der Waals surface area contributed by atoms with Crippen molar-refractivity contribution < 1.29 is 29.1 Å². The molecular formula is C16H22BBrO6. The van der Waals surface area contributed by atoms with Crippen molar-refractivity contribution >= 4 is 29.0 Å². The number of carboxylic acid groups (broad SMARTS) is 1. The number of phenolic OH excluding ortho intramolecular Hbond substituents is 1. The van der Waals surface area contributed by atoms with Crippen LogP contribution < -0.4 is 4.74 Å². The van der Waals surface area contributed by atoms with E-state index in [9.17, 15) is 15.0 Å². The molecule has 0 aliphatic carbocycles. The number of carboxylic acids is 1. The molecule has 1 unspecified atom stereocenters. The van der Waals surface area contributed by atoms with Gasteiger partial charge in [-0.3, -0.25) is 4.79 Å². The van der Waals surface area contributed by atoms with Crippen LogP contribution >= 0.6 is 15.9 Å². The third kappa shape index (κ3) is 3.55. The lowest BCUT2D eigenvalue weighted by Gasteiger charge is -2.32. The van der Waals surface area contributed by atoms with E-state index < -0.39 is 30.1 Å². The van der Waals surface area contributed by atoms with Gasteiger partial charge < -0.3 is 24.3 Å². The highest BCUT2D eigenvalue weighted by Gasteiger charge is 2.54. The van der Waals surface area contributed by atoms with Crippen molar-refractivity contribution in [2.45, 2.75) is 51.1 Å². The first-order valence-electron chi connectivity index (χ1n) is 7.62. The van der Waals surface area contributed by atoms with Crippen LogP contribution in [0.1, 0.15) is 45.5 Å². The monoisotopic (exact) mass is 400 g/mol. The zero-order valence-corrected chi connectivity index (χ0v) is 16.0. The number of aliphatic carboxylic acids is 1. The fourth-order valence-corrected chi connectivity index (χ4v) is 3.23. The molecule has 24 heavy (non-hydrogen) atoms. The minimum absolute atomic E-state index is 0.0314. The Balaban J connectivity index is 2.46. The summed E-state index contributed by atoms with van der Waals surface area (Å²) >= 11 is 3.39. The molecule has 0 bridgehead atoms. The van der Waals surface area contributed by atoms with Crippen LogP contribution in [0.4, 0.5) is 0 Å². The zero-order chi connectivity index (χ0) is 18.3. The molecule has 2 N–H and O–H groups in total. The highest BCUT2D eigenvalue weighted by molar-refractivity contribution is 9.10. The van der Waals surface area contributed by atoms with Crippen LogP contribution in [0.2, 0.25) is 0 Å². The number of phenols is 1. The normalized spacial score (nSPS) is 20.0. The van der Waals surface area contributed by atoms with Crippen molar-refractivity contribution in [3.05, 3.63) is 22.2 Å². The molecule has 8 heteroatoms. The Bertz CT molecular complexity index is 630. The second-order valence-corrected chi connectivity index (χ2v) is 7.73. The Morgan fingerprint density at radius 3 is 2.29 bits per heavy atom. The number of methoxy groups -OCH3 is 1. The lowest BCUT2D eigenvalue weighted by molar-refractivity contribution is -0.137. The standard InChI is InChI=1S/C16H22BBrO6/c1-15(2)16(3,4)24-17(23-15)10(7-14(20)21)9-6-13(22-5)12(19)8-11(9)18/h6,8,10,19H,7H2,1-5H3,(H,20,21). The van der Waals surface area contributed by atoms with Gasteiger partial charge in [-0.15, -0.1) is 0 Å². The predicted octanol–water partition coefficient (Wildman–Crippen LogP) is 3.35. The highest BCUT2D eigenvalue weighted by Crippen LogP contribution is 2.44. The maximum atomic E-state index is 11.4. The van der Waals surface area contributed by atoms with E-state index in [1.807, 2.05) is 27.7 Å². The second-order valence-electron chi connectivity index (χ2n) is 6.87. The summed E-state index contributed by atoms with van der Waals surface area (Å²) in [6.07, 6.45) is -0.177. The lowest BCUT2D eigenvalue weighted by Crippen LogP contribution is -2.41. The fraction of sp³-hybridized carbons (Fsp3) is 0.562. The molecule has 1 aromatic rings. The molecular weight excluding hydrogens is 379 g/mol. The van der Waals surface area contributed by atoms with E-state index in [0.29, 0.717) is 10.0 Å². The first-order valence-corrected chi connectivity index (χ1v) is 8.41. The number of halogens is 1. The summed E-state index contributed by atoms with van der Waals surface area (Å²) in [4.78, 5) is 11.4. The number of hydrogen-bond acceptors (Lipinski definition) is 5. The first kappa shape index (κ1) is 19.1. The quantitative estimate of drug-likeness (QED) is 0.737. The molecule has 6 nitrogen and oxygen atoms in total. The van der Waals surface area contributed by atoms with E-state index in [4.69, 9.17) is 14.0 Å². The number of carbonyl (C=O) groups is 1. The molecule has 0 amide bonds. The van der Waals surface area contributed by atoms with Crippen molar-refractivity contribution in [3.8, 4) is 11.5 Å². The van der Waals surface area contributed by atoms with Crippen LogP contribution in [0, 0.1) is 0 Å². The van der Waals surface area contributed by atoms with Gasteiger partial charge in [-0.05, 0) is 45.4 Å². The summed E-state index contributed by atoms with van der Waals surface area (Å²) < 4.78 is 17.8. The molecule has 132 valence electrons. The second kappa shape index (κ2) is 6.57. The summed E-state index contributed by atoms with van der Waals surface area (Å²) in [6, 6.07) is 3.09. The number of aromatic hydroxyl groups is 1. The number of hydrogen-bond donors (Lipinski definition) is 2. The summed E-state index contributed by atoms with van der Waals surface area (Å²) in [5.74, 6) is -1.29. The van der Waals surface area contributed by atoms with Crippen LogP contribution in [-0.4, -0.2) is 41.6 Å². The average Bonchev–Trinajstić information content (AvgIpc) is 2.65. The Morgan fingerprint density at radius 2 is 1.83 bits per heavy atom. The average molecular weight is 401 g/mol. The van der Waals surface area contributed by atoms with E-state index in [-0.39, 0.29) is 17.9 Å². The lowest BCUT2D eigenvalue weighted by atomic mass is 9.66. The minimum Gasteiger partial charge on any atom is -0.504 e. The fourth-order valence-electron chi connectivity index (χ4n) is 2.60. The van der Waals surface area contributed by atoms with Gasteiger partial charge in [-0.25, -0.2) is 0 Å². The topological polar surface area (TPSA) is 85.2 Å². The Hall–Kier alpha value is -1.25. The molecule has 1 aliphatic rings. The summed E-state index contributed by atoms with van der Waals surface area (Å²) in [6.45, 7) is 7.66. The molecule has 1 atom stereocenters. The zero-order valence-electron chi connectivity index (χ0n) is 14.4. The maximum absolute atomic E-state index is 11.4. The van der Waals surface area contributed by atoms with Crippen molar-refractivity contribution in [2.24, 2.45) is 0 Å². The number of benzene rings is 1. The van der Waals surface area contributed by atoms with Crippen LogP contribution in [0.3, 0.4) is 0 Å². The Morgan fingerprint density at radius 1 is 1.29 bits per heavy atom. The van der Waals surface area contributed by atoms with Crippen LogP contribution in [-0.2, 0) is 14.1 Å². The van der Waals surface area contributed by atoms with Crippen molar-refractivity contribution in [1.82, 2.24) is 0 Å². The highest BCUT2D eigenvalue weighted by atomic mass is 79.9. The van der Waals surface area contributed by atoms with E-state index in [1.165, 1.54) is 13.2 Å². The van der Waals surface area contributed by atoms with Crippen LogP contribution in [0.15, 0.2) is 16.6 Å². The smallest absolute Gasteiger partial charge is 0.466 e. The van der Waals surface area contributed by atoms with Crippen molar-refractivity contribution in [3.63, 3.8) is 0 Å². The summed E-state index contributed by atoms with van der Waals surface area (Å²) in [7, 11) is 0.713. The summed E-state index contributed by atoms with van der Waals surface area (Å²) in [5, 5.41) is 19.2. The van der Waals surface area contributed by atoms with E-state index in [0.717, 1.165) is 0 Å². The molecule has 1 heterocycles. The van der Waals surface area contributed by atoms with Gasteiger partial charge in [0.15, 0.2) is 11.5 Å². The molecule has 0 radical (unpaired) electrons. The predicted molar refractivity (Wildman–Crippen MR) is 93.4 cm³/mol. The third-order valence-corrected chi connectivity index (χ3v) is 5.38. The van der Waals surface area contributed by atoms with Crippen LogP contribution in [0.25, 0.3) is 0 Å². The largest absolute Gasteiger partial charge is 0.504 e. The van der Waals surface area contributed by atoms with Gasteiger partial charge >= 0.3 is 13.1 Å². The van der Waals surface area contributed by atoms with Crippen molar-refractivity contribution in [1.29, 1.82) is 0 Å². The van der Waals surface area contributed by atoms with Gasteiger partial charge in [0, 0.05) is 10.3 Å². The number of rotatable bonds is 5. The molecule has 1 fully saturated rings. The molecule has 0 saturated carbocycles. The summed E-state index contributed by atoms with van der Waals surface area (Å²) in [5.41, 5.74) is -0.491. The van der Waals surface area contributed by atoms with Gasteiger partial charge in [-0.1, -0.05) is 15.9 Å². The van der Waals surface area contributed by atoms with E-state index >= 15 is 0 Å². The number of ether oxygens (including phenoxy) is 1. The van der Waals surface area contributed by atoms with Crippen molar-refractivity contribution in [2.75, 3.05) is 7.11 Å². The van der Waals surface area contributed by atoms with Gasteiger partial charge in [0.05, 0.1) is 24.7 Å². The molecule has 2 rings (SSSR count). The molecule has 1 aliphatic heterocycles. The third-order valence-electron chi connectivity index (χ3n) is 4.69. The SMILES string of the molecule is COc1cc(C(CC(=O)O)B2OC(C)(C)C(C)(C)O2)c(Br)cc1O. The van der Waals surface area contributed by atoms with Gasteiger partial charge in [0.25, 0.3) is 0 Å². The minimum atomic E-state index is -0.964. The maximum Gasteiger partial charge on any atom is 0.466 e. The van der Waals surface area contributed by atoms with Gasteiger partial charge in [0.1, 0.15) is 0 Å². The van der Waals surface area contributed by atoms with E-state index in [1.54, 1.807) is 6.07 Å². The first-order chi connectivity index (χ1) is 11.0. The molecule has 0 aromatic heterocycles. The van der Waals surface area contributed by atoms with E-state index in [2.05, 4.69) is 15.9 Å².